The van der Waals surface area contributed by atoms with Crippen LogP contribution < -0.4 is 4.74 Å². The Morgan fingerprint density at radius 3 is 2.72 bits per heavy atom. The van der Waals surface area contributed by atoms with E-state index in [-0.39, 0.29) is 11.7 Å². The third-order valence-corrected chi connectivity index (χ3v) is 5.92. The van der Waals surface area contributed by atoms with Crippen LogP contribution in [0.25, 0.3) is 16.8 Å². The van der Waals surface area contributed by atoms with Gasteiger partial charge in [0.15, 0.2) is 0 Å². The molecular formula is C26H24FN3O2. The van der Waals surface area contributed by atoms with E-state index in [4.69, 9.17) is 14.5 Å². The first-order valence-corrected chi connectivity index (χ1v) is 10.6. The van der Waals surface area contributed by atoms with Gasteiger partial charge in [0.1, 0.15) is 11.6 Å². The molecule has 32 heavy (non-hydrogen) atoms. The zero-order valence-electron chi connectivity index (χ0n) is 18.1. The molecule has 4 aromatic rings. The average Bonchev–Trinajstić information content (AvgIpc) is 3.26. The number of rotatable bonds is 5. The van der Waals surface area contributed by atoms with Crippen LogP contribution in [-0.2, 0) is 17.8 Å². The second-order valence-corrected chi connectivity index (χ2v) is 8.07. The number of aryl methyl sites for hydroxylation is 1. The highest BCUT2D eigenvalue weighted by molar-refractivity contribution is 5.72. The van der Waals surface area contributed by atoms with Crippen molar-refractivity contribution in [1.82, 2.24) is 14.5 Å². The Morgan fingerprint density at radius 2 is 1.97 bits per heavy atom. The number of nitrogens with zero attached hydrogens (tertiary/aromatic N) is 3. The number of ether oxygens (including phenoxy) is 2. The van der Waals surface area contributed by atoms with E-state index in [1.54, 1.807) is 13.4 Å². The highest BCUT2D eigenvalue weighted by Gasteiger charge is 2.25. The van der Waals surface area contributed by atoms with Gasteiger partial charge in [0.2, 0.25) is 0 Å². The SMILES string of the molecule is COc1cc(-c2ccnc3c2COCC3Cc2ccc(F)cc2)ccc1-n1cnc(C)c1. The Labute approximate surface area is 186 Å². The molecule has 0 bridgehead atoms. The van der Waals surface area contributed by atoms with E-state index in [1.807, 2.05) is 54.2 Å². The van der Waals surface area contributed by atoms with Crippen molar-refractivity contribution < 1.29 is 13.9 Å². The molecule has 2 aromatic heterocycles. The lowest BCUT2D eigenvalue weighted by Crippen LogP contribution is -2.21. The zero-order chi connectivity index (χ0) is 22.1. The van der Waals surface area contributed by atoms with Crippen LogP contribution in [0.4, 0.5) is 4.39 Å². The molecule has 1 atom stereocenters. The summed E-state index contributed by atoms with van der Waals surface area (Å²) in [5.74, 6) is 0.669. The minimum absolute atomic E-state index is 0.124. The van der Waals surface area contributed by atoms with E-state index in [1.165, 1.54) is 12.1 Å². The summed E-state index contributed by atoms with van der Waals surface area (Å²) in [6.45, 7) is 3.08. The minimum atomic E-state index is -0.224. The van der Waals surface area contributed by atoms with E-state index < -0.39 is 0 Å². The molecule has 5 rings (SSSR count). The van der Waals surface area contributed by atoms with Crippen molar-refractivity contribution in [3.8, 4) is 22.6 Å². The summed E-state index contributed by atoms with van der Waals surface area (Å²) in [7, 11) is 1.68. The fourth-order valence-corrected chi connectivity index (χ4v) is 4.34. The van der Waals surface area contributed by atoms with Gasteiger partial charge in [0.05, 0.1) is 43.7 Å². The smallest absolute Gasteiger partial charge is 0.143 e. The van der Waals surface area contributed by atoms with E-state index in [0.29, 0.717) is 13.2 Å². The van der Waals surface area contributed by atoms with Crippen LogP contribution in [0.1, 0.15) is 28.4 Å². The van der Waals surface area contributed by atoms with Gasteiger partial charge >= 0.3 is 0 Å². The van der Waals surface area contributed by atoms with Crippen molar-refractivity contribution in [2.45, 2.75) is 25.9 Å². The van der Waals surface area contributed by atoms with Gasteiger partial charge < -0.3 is 14.0 Å². The molecule has 0 fully saturated rings. The van der Waals surface area contributed by atoms with Gasteiger partial charge in [-0.2, -0.15) is 0 Å². The number of imidazole rings is 1. The monoisotopic (exact) mass is 429 g/mol. The summed E-state index contributed by atoms with van der Waals surface area (Å²) in [6, 6.07) is 14.9. The summed E-state index contributed by atoms with van der Waals surface area (Å²) in [5.41, 5.74) is 7.23. The van der Waals surface area contributed by atoms with Gasteiger partial charge in [-0.3, -0.25) is 4.98 Å². The van der Waals surface area contributed by atoms with Crippen LogP contribution in [-0.4, -0.2) is 28.3 Å². The van der Waals surface area contributed by atoms with Crippen molar-refractivity contribution in [3.63, 3.8) is 0 Å². The van der Waals surface area contributed by atoms with Crippen LogP contribution in [0.5, 0.6) is 5.75 Å². The minimum Gasteiger partial charge on any atom is -0.495 e. The van der Waals surface area contributed by atoms with Gasteiger partial charge in [0, 0.05) is 23.9 Å². The lowest BCUT2D eigenvalue weighted by Gasteiger charge is -2.27. The molecule has 1 unspecified atom stereocenters. The first-order valence-electron chi connectivity index (χ1n) is 10.6. The number of methoxy groups -OCH3 is 1. The summed E-state index contributed by atoms with van der Waals surface area (Å²) in [5, 5.41) is 0. The van der Waals surface area contributed by atoms with E-state index in [0.717, 1.165) is 51.5 Å². The molecule has 0 amide bonds. The predicted molar refractivity (Wildman–Crippen MR) is 121 cm³/mol. The molecule has 0 saturated carbocycles. The van der Waals surface area contributed by atoms with E-state index in [9.17, 15) is 4.39 Å². The maximum absolute atomic E-state index is 13.3. The van der Waals surface area contributed by atoms with Gasteiger partial charge in [0.25, 0.3) is 0 Å². The zero-order valence-corrected chi connectivity index (χ0v) is 18.1. The van der Waals surface area contributed by atoms with Crippen LogP contribution in [0.2, 0.25) is 0 Å². The fraction of sp³-hybridized carbons (Fsp3) is 0.231. The highest BCUT2D eigenvalue weighted by Crippen LogP contribution is 2.37. The third-order valence-electron chi connectivity index (χ3n) is 5.92. The number of benzene rings is 2. The topological polar surface area (TPSA) is 49.2 Å². The number of pyridine rings is 1. The predicted octanol–water partition coefficient (Wildman–Crippen LogP) is 5.25. The molecule has 0 N–H and O–H groups in total. The Balaban J connectivity index is 1.50. The molecule has 2 aromatic carbocycles. The van der Waals surface area contributed by atoms with Crippen LogP contribution in [0.3, 0.4) is 0 Å². The third kappa shape index (κ3) is 3.89. The Morgan fingerprint density at radius 1 is 1.12 bits per heavy atom. The summed E-state index contributed by atoms with van der Waals surface area (Å²) < 4.78 is 26.9. The number of fused-ring (bicyclic) bond motifs is 1. The number of aromatic nitrogens is 3. The Hall–Kier alpha value is -3.51. The van der Waals surface area contributed by atoms with Gasteiger partial charge in [-0.1, -0.05) is 18.2 Å². The summed E-state index contributed by atoms with van der Waals surface area (Å²) >= 11 is 0. The van der Waals surface area contributed by atoms with Gasteiger partial charge in [-0.15, -0.1) is 0 Å². The molecule has 1 aliphatic heterocycles. The normalized spacial score (nSPS) is 15.4. The molecule has 0 aliphatic carbocycles. The molecule has 6 heteroatoms. The van der Waals surface area contributed by atoms with Crippen LogP contribution >= 0.6 is 0 Å². The molecule has 1 aliphatic rings. The number of hydrogen-bond donors (Lipinski definition) is 0. The Bertz CT molecular complexity index is 1250. The quantitative estimate of drug-likeness (QED) is 0.435. The van der Waals surface area contributed by atoms with Gasteiger partial charge in [-0.05, 0) is 60.4 Å². The van der Waals surface area contributed by atoms with Crippen molar-refractivity contribution in [3.05, 3.63) is 95.6 Å². The first kappa shape index (κ1) is 20.4. The van der Waals surface area contributed by atoms with Crippen LogP contribution in [0.15, 0.2) is 67.3 Å². The maximum Gasteiger partial charge on any atom is 0.143 e. The standard InChI is InChI=1S/C26H24FN3O2/c1-17-13-30(16-29-17)24-8-5-19(12-25(24)31-2)22-9-10-28-26-20(14-32-15-23(22)26)11-18-3-6-21(27)7-4-18/h3-10,12-13,16,20H,11,14-15H2,1-2H3. The second kappa shape index (κ2) is 8.55. The molecule has 3 heterocycles. The Kier molecular flexibility index (Phi) is 5.45. The second-order valence-electron chi connectivity index (χ2n) is 8.07. The fourth-order valence-electron chi connectivity index (χ4n) is 4.34. The highest BCUT2D eigenvalue weighted by atomic mass is 19.1. The number of hydrogen-bond acceptors (Lipinski definition) is 4. The first-order chi connectivity index (χ1) is 15.6. The van der Waals surface area contributed by atoms with Crippen LogP contribution in [0, 0.1) is 12.7 Å². The molecule has 0 spiro atoms. The molecule has 5 nitrogen and oxygen atoms in total. The van der Waals surface area contributed by atoms with Crippen molar-refractivity contribution >= 4 is 0 Å². The number of halogens is 1. The lowest BCUT2D eigenvalue weighted by atomic mass is 9.88. The van der Waals surface area contributed by atoms with Crippen molar-refractivity contribution in [1.29, 1.82) is 0 Å². The van der Waals surface area contributed by atoms with Crippen molar-refractivity contribution in [2.75, 3.05) is 13.7 Å². The van der Waals surface area contributed by atoms with Crippen molar-refractivity contribution in [2.24, 2.45) is 0 Å². The van der Waals surface area contributed by atoms with E-state index >= 15 is 0 Å². The average molecular weight is 429 g/mol. The molecular weight excluding hydrogens is 405 g/mol. The maximum atomic E-state index is 13.3. The van der Waals surface area contributed by atoms with E-state index in [2.05, 4.69) is 11.1 Å². The molecule has 0 radical (unpaired) electrons. The summed E-state index contributed by atoms with van der Waals surface area (Å²) in [4.78, 5) is 9.03. The largest absolute Gasteiger partial charge is 0.495 e. The lowest BCUT2D eigenvalue weighted by molar-refractivity contribution is 0.0894. The summed E-state index contributed by atoms with van der Waals surface area (Å²) in [6.07, 6.45) is 6.37. The van der Waals surface area contributed by atoms with Gasteiger partial charge in [-0.25, -0.2) is 9.37 Å². The molecule has 0 saturated heterocycles. The molecule has 162 valence electrons.